The van der Waals surface area contributed by atoms with Gasteiger partial charge >= 0.3 is 0 Å². The first-order valence-electron chi connectivity index (χ1n) is 8.40. The van der Waals surface area contributed by atoms with Crippen LogP contribution in [0.15, 0.2) is 35.3 Å². The lowest BCUT2D eigenvalue weighted by Gasteiger charge is -2.08. The van der Waals surface area contributed by atoms with Crippen molar-refractivity contribution in [2.45, 2.75) is 13.3 Å². The van der Waals surface area contributed by atoms with Crippen LogP contribution in [0.1, 0.15) is 11.1 Å². The highest BCUT2D eigenvalue weighted by molar-refractivity contribution is 7.16. The third-order valence-electron chi connectivity index (χ3n) is 4.35. The van der Waals surface area contributed by atoms with Crippen LogP contribution in [0.5, 0.6) is 17.2 Å². The van der Waals surface area contributed by atoms with Gasteiger partial charge in [0.15, 0.2) is 16.3 Å². The summed E-state index contributed by atoms with van der Waals surface area (Å²) in [4.78, 5) is 17.5. The minimum Gasteiger partial charge on any atom is -0.495 e. The molecule has 0 saturated heterocycles. The molecule has 0 radical (unpaired) electrons. The summed E-state index contributed by atoms with van der Waals surface area (Å²) in [5.74, 6) is 1.77. The highest BCUT2D eigenvalue weighted by atomic mass is 32.1. The zero-order valence-corrected chi connectivity index (χ0v) is 16.8. The summed E-state index contributed by atoms with van der Waals surface area (Å²) in [7, 11) is 6.68. The van der Waals surface area contributed by atoms with Gasteiger partial charge in [-0.05, 0) is 36.2 Å². The molecule has 0 saturated carbocycles. The Morgan fingerprint density at radius 3 is 2.37 bits per heavy atom. The molecule has 7 heteroatoms. The van der Waals surface area contributed by atoms with Gasteiger partial charge in [-0.25, -0.2) is 0 Å². The SMILES string of the molecule is COc1ccc(CC(=O)N=c2sc3c(C)ccc(OC)c3n2C)cc1OC. The molecule has 0 bridgehead atoms. The molecule has 1 heterocycles. The fraction of sp³-hybridized carbons (Fsp3) is 0.300. The summed E-state index contributed by atoms with van der Waals surface area (Å²) in [6, 6.07) is 9.36. The maximum absolute atomic E-state index is 12.5. The number of carbonyl (C=O) groups excluding carboxylic acids is 1. The minimum atomic E-state index is -0.221. The third-order valence-corrected chi connectivity index (χ3v) is 5.62. The van der Waals surface area contributed by atoms with E-state index in [2.05, 4.69) is 4.99 Å². The number of thiazole rings is 1. The zero-order chi connectivity index (χ0) is 19.6. The van der Waals surface area contributed by atoms with E-state index in [4.69, 9.17) is 14.2 Å². The van der Waals surface area contributed by atoms with Gasteiger partial charge in [0, 0.05) is 7.05 Å². The lowest BCUT2D eigenvalue weighted by Crippen LogP contribution is -2.14. The van der Waals surface area contributed by atoms with Crippen molar-refractivity contribution in [1.82, 2.24) is 4.57 Å². The Kier molecular flexibility index (Phi) is 5.51. The van der Waals surface area contributed by atoms with Crippen LogP contribution in [0.2, 0.25) is 0 Å². The number of amides is 1. The van der Waals surface area contributed by atoms with Crippen LogP contribution >= 0.6 is 11.3 Å². The zero-order valence-electron chi connectivity index (χ0n) is 16.0. The molecule has 3 aromatic rings. The van der Waals surface area contributed by atoms with Gasteiger partial charge in [0.2, 0.25) is 0 Å². The number of rotatable bonds is 5. The van der Waals surface area contributed by atoms with Crippen molar-refractivity contribution < 1.29 is 19.0 Å². The smallest absolute Gasteiger partial charge is 0.252 e. The van der Waals surface area contributed by atoms with Gasteiger partial charge in [-0.1, -0.05) is 23.5 Å². The van der Waals surface area contributed by atoms with Crippen LogP contribution in [0.25, 0.3) is 10.2 Å². The standard InChI is InChI=1S/C20H22N2O4S/c1-12-6-8-15(25-4)18-19(12)27-20(22(18)2)21-17(23)11-13-7-9-14(24-3)16(10-13)26-5/h6-10H,11H2,1-5H3. The summed E-state index contributed by atoms with van der Waals surface area (Å²) in [6.45, 7) is 2.04. The Hall–Kier alpha value is -2.80. The van der Waals surface area contributed by atoms with Crippen molar-refractivity contribution in [1.29, 1.82) is 0 Å². The molecule has 3 rings (SSSR count). The normalized spacial score (nSPS) is 11.7. The molecular weight excluding hydrogens is 364 g/mol. The molecule has 6 nitrogen and oxygen atoms in total. The van der Waals surface area contributed by atoms with Crippen molar-refractivity contribution in [3.05, 3.63) is 46.3 Å². The van der Waals surface area contributed by atoms with Crippen molar-refractivity contribution in [2.24, 2.45) is 12.0 Å². The second-order valence-electron chi connectivity index (χ2n) is 6.08. The van der Waals surface area contributed by atoms with E-state index in [-0.39, 0.29) is 12.3 Å². The fourth-order valence-corrected chi connectivity index (χ4v) is 4.05. The molecule has 0 aliphatic heterocycles. The van der Waals surface area contributed by atoms with E-state index in [1.807, 2.05) is 36.7 Å². The Morgan fingerprint density at radius 1 is 1.04 bits per heavy atom. The lowest BCUT2D eigenvalue weighted by atomic mass is 10.1. The summed E-state index contributed by atoms with van der Waals surface area (Å²) in [5.41, 5.74) is 2.89. The number of carbonyl (C=O) groups is 1. The average Bonchev–Trinajstić information content (AvgIpc) is 2.99. The molecule has 0 spiro atoms. The van der Waals surface area contributed by atoms with Crippen LogP contribution in [0, 0.1) is 6.92 Å². The number of benzene rings is 2. The van der Waals surface area contributed by atoms with Crippen LogP contribution < -0.4 is 19.0 Å². The molecular formula is C20H22N2O4S. The van der Waals surface area contributed by atoms with E-state index < -0.39 is 0 Å². The number of hydrogen-bond acceptors (Lipinski definition) is 5. The van der Waals surface area contributed by atoms with Gasteiger partial charge in [0.05, 0.1) is 32.5 Å². The van der Waals surface area contributed by atoms with Crippen molar-refractivity contribution in [2.75, 3.05) is 21.3 Å². The van der Waals surface area contributed by atoms with Crippen molar-refractivity contribution in [3.63, 3.8) is 0 Å². The average molecular weight is 386 g/mol. The Morgan fingerprint density at radius 2 is 1.70 bits per heavy atom. The number of hydrogen-bond donors (Lipinski definition) is 0. The molecule has 0 fully saturated rings. The number of methoxy groups -OCH3 is 3. The van der Waals surface area contributed by atoms with Crippen LogP contribution in [0.4, 0.5) is 0 Å². The first-order chi connectivity index (χ1) is 13.0. The molecule has 0 aliphatic rings. The second kappa shape index (κ2) is 7.84. The summed E-state index contributed by atoms with van der Waals surface area (Å²) in [5, 5.41) is 0. The van der Waals surface area contributed by atoms with Gasteiger partial charge in [-0.2, -0.15) is 4.99 Å². The molecule has 2 aromatic carbocycles. The number of aryl methyl sites for hydroxylation is 2. The highest BCUT2D eigenvalue weighted by Crippen LogP contribution is 2.30. The number of aromatic nitrogens is 1. The molecule has 142 valence electrons. The monoisotopic (exact) mass is 386 g/mol. The molecule has 1 aromatic heterocycles. The molecule has 0 atom stereocenters. The summed E-state index contributed by atoms with van der Waals surface area (Å²) < 4.78 is 18.9. The lowest BCUT2D eigenvalue weighted by molar-refractivity contribution is -0.117. The predicted octanol–water partition coefficient (Wildman–Crippen LogP) is 3.24. The number of nitrogens with zero attached hydrogens (tertiary/aromatic N) is 2. The van der Waals surface area contributed by atoms with Gasteiger partial charge < -0.3 is 18.8 Å². The van der Waals surface area contributed by atoms with Crippen molar-refractivity contribution >= 4 is 27.5 Å². The molecule has 1 amide bonds. The van der Waals surface area contributed by atoms with E-state index in [0.717, 1.165) is 27.1 Å². The summed E-state index contributed by atoms with van der Waals surface area (Å²) in [6.07, 6.45) is 0.185. The maximum atomic E-state index is 12.5. The Labute approximate surface area is 161 Å². The topological polar surface area (TPSA) is 62.0 Å². The third kappa shape index (κ3) is 3.68. The van der Waals surface area contributed by atoms with E-state index in [1.54, 1.807) is 33.5 Å². The first-order valence-corrected chi connectivity index (χ1v) is 9.21. The molecule has 0 unspecified atom stereocenters. The molecule has 0 N–H and O–H groups in total. The van der Waals surface area contributed by atoms with E-state index in [9.17, 15) is 4.79 Å². The van der Waals surface area contributed by atoms with E-state index >= 15 is 0 Å². The number of ether oxygens (including phenoxy) is 3. The van der Waals surface area contributed by atoms with E-state index in [1.165, 1.54) is 11.3 Å². The van der Waals surface area contributed by atoms with Gasteiger partial charge in [0.1, 0.15) is 11.3 Å². The number of fused-ring (bicyclic) bond motifs is 1. The quantitative estimate of drug-likeness (QED) is 0.675. The fourth-order valence-electron chi connectivity index (χ4n) is 2.93. The second-order valence-corrected chi connectivity index (χ2v) is 7.06. The predicted molar refractivity (Wildman–Crippen MR) is 106 cm³/mol. The largest absolute Gasteiger partial charge is 0.495 e. The molecule has 0 aliphatic carbocycles. The van der Waals surface area contributed by atoms with E-state index in [0.29, 0.717) is 16.3 Å². The Bertz CT molecular complexity index is 1070. The Balaban J connectivity index is 1.96. The van der Waals surface area contributed by atoms with Crippen LogP contribution in [-0.2, 0) is 18.3 Å². The van der Waals surface area contributed by atoms with Gasteiger partial charge in [0.25, 0.3) is 5.91 Å². The van der Waals surface area contributed by atoms with Crippen LogP contribution in [0.3, 0.4) is 0 Å². The minimum absolute atomic E-state index is 0.185. The van der Waals surface area contributed by atoms with Gasteiger partial charge in [-0.15, -0.1) is 0 Å². The van der Waals surface area contributed by atoms with Gasteiger partial charge in [-0.3, -0.25) is 4.79 Å². The highest BCUT2D eigenvalue weighted by Gasteiger charge is 2.13. The van der Waals surface area contributed by atoms with Crippen LogP contribution in [-0.4, -0.2) is 31.8 Å². The molecule has 27 heavy (non-hydrogen) atoms. The maximum Gasteiger partial charge on any atom is 0.252 e. The summed E-state index contributed by atoms with van der Waals surface area (Å²) >= 11 is 1.48. The first kappa shape index (κ1) is 19.0. The van der Waals surface area contributed by atoms with Crippen molar-refractivity contribution in [3.8, 4) is 17.2 Å².